The Morgan fingerprint density at radius 1 is 1.19 bits per heavy atom. The average molecular weight is 543 g/mol. The topological polar surface area (TPSA) is 116 Å². The summed E-state index contributed by atoms with van der Waals surface area (Å²) in [5.74, 6) is -1.36. The van der Waals surface area contributed by atoms with Gasteiger partial charge in [0.05, 0.1) is 22.5 Å². The standard InChI is InChI=1S/C24H26F4N4O4S/c1-13-10-19-16(11-17(13)25)20(22(29)33)21(32(19)14-6-8-36-9-7-14)18-5-4-15(12-30-18)37(34,35)31-23(2,3)24(26,27)28/h4-5,10-12,14,31H,6-9H2,1-3H3,(H2,29,33). The summed E-state index contributed by atoms with van der Waals surface area (Å²) in [5, 5.41) is 0.282. The van der Waals surface area contributed by atoms with Crippen LogP contribution >= 0.6 is 0 Å². The quantitative estimate of drug-likeness (QED) is 0.453. The number of primary amides is 1. The third-order valence-electron chi connectivity index (χ3n) is 6.47. The first kappa shape index (κ1) is 27.0. The Kier molecular flexibility index (Phi) is 6.84. The molecule has 37 heavy (non-hydrogen) atoms. The number of aromatic nitrogens is 2. The first-order valence-corrected chi connectivity index (χ1v) is 12.9. The van der Waals surface area contributed by atoms with Gasteiger partial charge in [0, 0.05) is 30.8 Å². The molecule has 4 rings (SSSR count). The van der Waals surface area contributed by atoms with E-state index in [-0.39, 0.29) is 28.4 Å². The number of pyridine rings is 1. The lowest BCUT2D eigenvalue weighted by Gasteiger charge is -2.28. The zero-order chi connectivity index (χ0) is 27.3. The van der Waals surface area contributed by atoms with E-state index in [1.165, 1.54) is 12.1 Å². The highest BCUT2D eigenvalue weighted by Gasteiger charge is 2.49. The molecule has 1 aliphatic heterocycles. The van der Waals surface area contributed by atoms with Crippen molar-refractivity contribution in [3.05, 3.63) is 47.4 Å². The van der Waals surface area contributed by atoms with Crippen LogP contribution in [0.15, 0.2) is 35.4 Å². The second-order valence-electron chi connectivity index (χ2n) is 9.53. The molecule has 3 aromatic rings. The maximum Gasteiger partial charge on any atom is 0.407 e. The zero-order valence-corrected chi connectivity index (χ0v) is 21.1. The van der Waals surface area contributed by atoms with Crippen molar-refractivity contribution in [2.24, 2.45) is 5.73 Å². The van der Waals surface area contributed by atoms with Gasteiger partial charge in [-0.2, -0.15) is 17.9 Å². The van der Waals surface area contributed by atoms with Gasteiger partial charge in [-0.3, -0.25) is 9.78 Å². The minimum Gasteiger partial charge on any atom is -0.381 e. The summed E-state index contributed by atoms with van der Waals surface area (Å²) in [6.07, 6.45) is -2.74. The summed E-state index contributed by atoms with van der Waals surface area (Å²) < 4.78 is 88.5. The number of nitrogens with two attached hydrogens (primary N) is 1. The Morgan fingerprint density at radius 3 is 2.38 bits per heavy atom. The number of carbonyl (C=O) groups excluding carboxylic acids is 1. The van der Waals surface area contributed by atoms with Crippen molar-refractivity contribution in [3.8, 4) is 11.4 Å². The van der Waals surface area contributed by atoms with E-state index < -0.39 is 38.4 Å². The van der Waals surface area contributed by atoms with E-state index in [0.29, 0.717) is 51.0 Å². The largest absolute Gasteiger partial charge is 0.407 e. The molecule has 8 nitrogen and oxygen atoms in total. The van der Waals surface area contributed by atoms with Gasteiger partial charge in [0.25, 0.3) is 5.91 Å². The number of fused-ring (bicyclic) bond motifs is 1. The van der Waals surface area contributed by atoms with Gasteiger partial charge in [0.15, 0.2) is 0 Å². The molecule has 0 saturated carbocycles. The molecule has 1 aliphatic rings. The maximum atomic E-state index is 14.5. The predicted octanol–water partition coefficient (Wildman–Crippen LogP) is 4.22. The minimum absolute atomic E-state index is 0.0137. The highest BCUT2D eigenvalue weighted by molar-refractivity contribution is 7.89. The number of sulfonamides is 1. The van der Waals surface area contributed by atoms with E-state index in [2.05, 4.69) is 4.98 Å². The van der Waals surface area contributed by atoms with Crippen LogP contribution in [0.3, 0.4) is 0 Å². The van der Waals surface area contributed by atoms with Crippen molar-refractivity contribution in [2.75, 3.05) is 13.2 Å². The van der Waals surface area contributed by atoms with Gasteiger partial charge in [-0.05, 0) is 63.4 Å². The molecule has 0 radical (unpaired) electrons. The molecule has 0 aliphatic carbocycles. The number of rotatable bonds is 6. The van der Waals surface area contributed by atoms with Gasteiger partial charge in [-0.25, -0.2) is 12.8 Å². The van der Waals surface area contributed by atoms with Crippen molar-refractivity contribution < 1.29 is 35.5 Å². The van der Waals surface area contributed by atoms with Crippen LogP contribution in [0.4, 0.5) is 17.6 Å². The van der Waals surface area contributed by atoms with E-state index in [9.17, 15) is 30.8 Å². The lowest BCUT2D eigenvalue weighted by Crippen LogP contribution is -2.54. The van der Waals surface area contributed by atoms with Crippen LogP contribution in [0.5, 0.6) is 0 Å². The predicted molar refractivity (Wildman–Crippen MR) is 128 cm³/mol. The highest BCUT2D eigenvalue weighted by Crippen LogP contribution is 2.39. The van der Waals surface area contributed by atoms with E-state index in [1.54, 1.807) is 17.7 Å². The lowest BCUT2D eigenvalue weighted by molar-refractivity contribution is -0.180. The van der Waals surface area contributed by atoms with Gasteiger partial charge < -0.3 is 15.0 Å². The molecule has 0 spiro atoms. The van der Waals surface area contributed by atoms with Gasteiger partial charge in [0.2, 0.25) is 10.0 Å². The van der Waals surface area contributed by atoms with Crippen molar-refractivity contribution in [2.45, 2.75) is 56.3 Å². The van der Waals surface area contributed by atoms with E-state index >= 15 is 0 Å². The molecular weight excluding hydrogens is 516 g/mol. The number of aryl methyl sites for hydroxylation is 1. The fourth-order valence-corrected chi connectivity index (χ4v) is 5.73. The monoisotopic (exact) mass is 542 g/mol. The van der Waals surface area contributed by atoms with Crippen LogP contribution in [-0.4, -0.2) is 48.8 Å². The Morgan fingerprint density at radius 2 is 1.84 bits per heavy atom. The molecule has 200 valence electrons. The molecule has 0 atom stereocenters. The molecule has 3 N–H and O–H groups in total. The molecule has 13 heteroatoms. The molecule has 1 aromatic carbocycles. The van der Waals surface area contributed by atoms with Gasteiger partial charge in [-0.1, -0.05) is 0 Å². The first-order valence-electron chi connectivity index (χ1n) is 11.4. The van der Waals surface area contributed by atoms with Crippen LogP contribution in [0.25, 0.3) is 22.3 Å². The van der Waals surface area contributed by atoms with Crippen LogP contribution in [-0.2, 0) is 14.8 Å². The third kappa shape index (κ3) is 4.94. The highest BCUT2D eigenvalue weighted by atomic mass is 32.2. The Hall–Kier alpha value is -3.03. The lowest BCUT2D eigenvalue weighted by atomic mass is 10.1. The maximum absolute atomic E-state index is 14.5. The summed E-state index contributed by atoms with van der Waals surface area (Å²) in [6.45, 7) is 3.92. The SMILES string of the molecule is Cc1cc2c(cc1F)c(C(N)=O)c(-c1ccc(S(=O)(=O)NC(C)(C)C(F)(F)F)cn1)n2C1CCOCC1. The molecule has 3 heterocycles. The number of amides is 1. The van der Waals surface area contributed by atoms with Crippen molar-refractivity contribution in [1.29, 1.82) is 0 Å². The summed E-state index contributed by atoms with van der Waals surface area (Å²) in [4.78, 5) is 16.3. The smallest absolute Gasteiger partial charge is 0.381 e. The molecular formula is C24H26F4N4O4S. The zero-order valence-electron chi connectivity index (χ0n) is 20.3. The molecule has 1 fully saturated rings. The fraction of sp³-hybridized carbons (Fsp3) is 0.417. The number of carbonyl (C=O) groups is 1. The Labute approximate surface area is 210 Å². The van der Waals surface area contributed by atoms with Crippen LogP contribution in [0.1, 0.15) is 48.7 Å². The number of hydrogen-bond donors (Lipinski definition) is 2. The number of alkyl halides is 3. The second-order valence-corrected chi connectivity index (χ2v) is 11.2. The van der Waals surface area contributed by atoms with Crippen LogP contribution in [0, 0.1) is 12.7 Å². The van der Waals surface area contributed by atoms with Gasteiger partial charge in [-0.15, -0.1) is 0 Å². The number of ether oxygens (including phenoxy) is 1. The fourth-order valence-electron chi connectivity index (χ4n) is 4.39. The Balaban J connectivity index is 1.88. The van der Waals surface area contributed by atoms with Gasteiger partial charge in [0.1, 0.15) is 16.3 Å². The number of nitrogens with zero attached hydrogens (tertiary/aromatic N) is 2. The minimum atomic E-state index is -4.83. The van der Waals surface area contributed by atoms with E-state index in [4.69, 9.17) is 10.5 Å². The van der Waals surface area contributed by atoms with Crippen molar-refractivity contribution >= 4 is 26.8 Å². The van der Waals surface area contributed by atoms with Gasteiger partial charge >= 0.3 is 6.18 Å². The summed E-state index contributed by atoms with van der Waals surface area (Å²) >= 11 is 0. The normalized spacial score (nSPS) is 15.9. The van der Waals surface area contributed by atoms with Crippen molar-refractivity contribution in [1.82, 2.24) is 14.3 Å². The summed E-state index contributed by atoms with van der Waals surface area (Å²) in [6, 6.07) is 5.07. The van der Waals surface area contributed by atoms with E-state index in [1.807, 2.05) is 4.57 Å². The number of hydrogen-bond acceptors (Lipinski definition) is 5. The van der Waals surface area contributed by atoms with Crippen LogP contribution in [0.2, 0.25) is 0 Å². The molecule has 0 unspecified atom stereocenters. The third-order valence-corrected chi connectivity index (χ3v) is 8.11. The van der Waals surface area contributed by atoms with Crippen molar-refractivity contribution in [3.63, 3.8) is 0 Å². The first-order chi connectivity index (χ1) is 17.1. The average Bonchev–Trinajstić information content (AvgIpc) is 3.12. The molecule has 0 bridgehead atoms. The summed E-state index contributed by atoms with van der Waals surface area (Å²) in [7, 11) is -4.59. The number of halogens is 4. The Bertz CT molecular complexity index is 1460. The molecule has 1 saturated heterocycles. The second kappa shape index (κ2) is 9.37. The summed E-state index contributed by atoms with van der Waals surface area (Å²) in [5.41, 5.74) is 4.35. The van der Waals surface area contributed by atoms with E-state index in [0.717, 1.165) is 12.3 Å². The van der Waals surface area contributed by atoms with Crippen LogP contribution < -0.4 is 10.5 Å². The molecule has 1 amide bonds. The number of benzene rings is 1. The number of nitrogens with one attached hydrogen (secondary N) is 1. The molecule has 2 aromatic heterocycles.